The molecule has 1 aliphatic heterocycles. The predicted molar refractivity (Wildman–Crippen MR) is 70.6 cm³/mol. The molecule has 1 unspecified atom stereocenters. The van der Waals surface area contributed by atoms with E-state index in [0.29, 0.717) is 6.04 Å². The molecule has 0 radical (unpaired) electrons. The van der Waals surface area contributed by atoms with Crippen LogP contribution in [0.2, 0.25) is 0 Å². The Morgan fingerprint density at radius 3 is 3.06 bits per heavy atom. The third kappa shape index (κ3) is 1.42. The zero-order valence-corrected chi connectivity index (χ0v) is 11.1. The van der Waals surface area contributed by atoms with Crippen LogP contribution in [0.25, 0.3) is 10.9 Å². The lowest BCUT2D eigenvalue weighted by atomic mass is 10.00. The summed E-state index contributed by atoms with van der Waals surface area (Å²) >= 11 is 3.56. The number of rotatable bonds is 0. The van der Waals surface area contributed by atoms with E-state index in [1.807, 2.05) is 0 Å². The molecular weight excluding hydrogens is 264 g/mol. The minimum atomic E-state index is 0.581. The van der Waals surface area contributed by atoms with Crippen LogP contribution in [0.4, 0.5) is 0 Å². The van der Waals surface area contributed by atoms with Crippen LogP contribution in [0, 0.1) is 0 Å². The van der Waals surface area contributed by atoms with E-state index < -0.39 is 0 Å². The highest BCUT2D eigenvalue weighted by Gasteiger charge is 2.21. The number of hydrogen-bond donors (Lipinski definition) is 1. The van der Waals surface area contributed by atoms with Crippen molar-refractivity contribution in [3.05, 3.63) is 33.9 Å². The molecule has 2 nitrogen and oxygen atoms in total. The summed E-state index contributed by atoms with van der Waals surface area (Å²) in [5, 5.41) is 4.92. The monoisotopic (exact) mass is 278 g/mol. The molecule has 2 heterocycles. The maximum Gasteiger partial charge on any atom is 0.0483 e. The molecule has 2 aromatic rings. The van der Waals surface area contributed by atoms with E-state index in [1.54, 1.807) is 0 Å². The van der Waals surface area contributed by atoms with E-state index in [9.17, 15) is 0 Å². The zero-order chi connectivity index (χ0) is 11.3. The van der Waals surface area contributed by atoms with Gasteiger partial charge >= 0.3 is 0 Å². The van der Waals surface area contributed by atoms with Gasteiger partial charge in [-0.25, -0.2) is 0 Å². The summed E-state index contributed by atoms with van der Waals surface area (Å²) in [5.41, 5.74) is 4.29. The van der Waals surface area contributed by atoms with E-state index in [-0.39, 0.29) is 0 Å². The number of fused-ring (bicyclic) bond motifs is 3. The molecule has 1 N–H and O–H groups in total. The zero-order valence-electron chi connectivity index (χ0n) is 9.55. The first-order valence-electron chi connectivity index (χ1n) is 5.66. The molecule has 0 fully saturated rings. The van der Waals surface area contributed by atoms with Gasteiger partial charge in [0, 0.05) is 40.7 Å². The fourth-order valence-corrected chi connectivity index (χ4v) is 3.01. The summed E-state index contributed by atoms with van der Waals surface area (Å²) in [7, 11) is 2.16. The van der Waals surface area contributed by atoms with Gasteiger partial charge in [-0.2, -0.15) is 0 Å². The molecule has 1 aromatic heterocycles. The quantitative estimate of drug-likeness (QED) is 0.784. The average molecular weight is 279 g/mol. The van der Waals surface area contributed by atoms with Gasteiger partial charge in [-0.1, -0.05) is 15.9 Å². The number of nitrogens with zero attached hydrogens (tertiary/aromatic N) is 1. The predicted octanol–water partition coefficient (Wildman–Crippen LogP) is 2.98. The Kier molecular flexibility index (Phi) is 2.33. The second kappa shape index (κ2) is 3.60. The lowest BCUT2D eigenvalue weighted by molar-refractivity contribution is 0.501. The number of aromatic nitrogens is 1. The van der Waals surface area contributed by atoms with E-state index >= 15 is 0 Å². The van der Waals surface area contributed by atoms with Crippen molar-refractivity contribution >= 4 is 26.8 Å². The first kappa shape index (κ1) is 10.4. The molecule has 0 saturated carbocycles. The van der Waals surface area contributed by atoms with Crippen LogP contribution in [0.3, 0.4) is 0 Å². The van der Waals surface area contributed by atoms with Gasteiger partial charge in [0.05, 0.1) is 0 Å². The first-order valence-corrected chi connectivity index (χ1v) is 6.45. The topological polar surface area (TPSA) is 17.0 Å². The second-order valence-corrected chi connectivity index (χ2v) is 5.55. The minimum absolute atomic E-state index is 0.581. The van der Waals surface area contributed by atoms with Crippen LogP contribution < -0.4 is 5.32 Å². The maximum atomic E-state index is 3.56. The van der Waals surface area contributed by atoms with Crippen molar-refractivity contribution < 1.29 is 0 Å². The molecule has 1 aliphatic rings. The van der Waals surface area contributed by atoms with Crippen molar-refractivity contribution in [1.82, 2.24) is 9.88 Å². The molecule has 0 spiro atoms. The van der Waals surface area contributed by atoms with Crippen LogP contribution >= 0.6 is 15.9 Å². The molecule has 16 heavy (non-hydrogen) atoms. The number of hydrogen-bond acceptors (Lipinski definition) is 1. The largest absolute Gasteiger partial charge is 0.346 e. The summed E-state index contributed by atoms with van der Waals surface area (Å²) in [6, 6.07) is 7.14. The van der Waals surface area contributed by atoms with Gasteiger partial charge in [-0.3, -0.25) is 0 Å². The third-order valence-electron chi connectivity index (χ3n) is 3.53. The Labute approximate surface area is 104 Å². The van der Waals surface area contributed by atoms with Gasteiger partial charge in [0.15, 0.2) is 0 Å². The fraction of sp³-hybridized carbons (Fsp3) is 0.385. The third-order valence-corrected chi connectivity index (χ3v) is 4.02. The molecule has 3 rings (SSSR count). The SMILES string of the molecule is CC1Cc2c(n(C)c3ccc(Br)cc23)CN1. The van der Waals surface area contributed by atoms with Crippen molar-refractivity contribution in [2.75, 3.05) is 0 Å². The van der Waals surface area contributed by atoms with Crippen molar-refractivity contribution in [1.29, 1.82) is 0 Å². The Bertz CT molecular complexity index is 557. The summed E-state index contributed by atoms with van der Waals surface area (Å²) in [6.07, 6.45) is 1.13. The van der Waals surface area contributed by atoms with Crippen LogP contribution in [0.5, 0.6) is 0 Å². The number of nitrogens with one attached hydrogen (secondary N) is 1. The molecule has 0 bridgehead atoms. The van der Waals surface area contributed by atoms with Crippen LogP contribution in [-0.2, 0) is 20.0 Å². The van der Waals surface area contributed by atoms with E-state index in [4.69, 9.17) is 0 Å². The number of aryl methyl sites for hydroxylation is 1. The van der Waals surface area contributed by atoms with Crippen molar-refractivity contribution in [3.63, 3.8) is 0 Å². The number of benzene rings is 1. The molecule has 0 amide bonds. The van der Waals surface area contributed by atoms with Crippen LogP contribution in [0.15, 0.2) is 22.7 Å². The normalized spacial score (nSPS) is 20.1. The summed E-state index contributed by atoms with van der Waals surface area (Å²) in [5.74, 6) is 0. The van der Waals surface area contributed by atoms with Gasteiger partial charge in [0.25, 0.3) is 0 Å². The Hall–Kier alpha value is -0.800. The van der Waals surface area contributed by atoms with Crippen LogP contribution in [0.1, 0.15) is 18.2 Å². The summed E-state index contributed by atoms with van der Waals surface area (Å²) in [4.78, 5) is 0. The Morgan fingerprint density at radius 2 is 2.25 bits per heavy atom. The molecular formula is C13H15BrN2. The fourth-order valence-electron chi connectivity index (χ4n) is 2.65. The minimum Gasteiger partial charge on any atom is -0.346 e. The van der Waals surface area contributed by atoms with E-state index in [0.717, 1.165) is 13.0 Å². The smallest absolute Gasteiger partial charge is 0.0483 e. The van der Waals surface area contributed by atoms with Crippen LogP contribution in [-0.4, -0.2) is 10.6 Å². The molecule has 84 valence electrons. The molecule has 1 atom stereocenters. The van der Waals surface area contributed by atoms with Gasteiger partial charge in [0.1, 0.15) is 0 Å². The van der Waals surface area contributed by atoms with Gasteiger partial charge in [-0.05, 0) is 37.1 Å². The Morgan fingerprint density at radius 1 is 1.44 bits per heavy atom. The molecule has 3 heteroatoms. The Balaban J connectivity index is 2.33. The van der Waals surface area contributed by atoms with E-state index in [2.05, 4.69) is 58.0 Å². The standard InChI is InChI=1S/C13H15BrN2/c1-8-5-10-11-6-9(14)3-4-12(11)16(2)13(10)7-15-8/h3-4,6,8,15H,5,7H2,1-2H3. The van der Waals surface area contributed by atoms with E-state index in [1.165, 1.54) is 26.6 Å². The van der Waals surface area contributed by atoms with Crippen molar-refractivity contribution in [2.45, 2.75) is 25.9 Å². The van der Waals surface area contributed by atoms with Gasteiger partial charge in [-0.15, -0.1) is 0 Å². The molecule has 0 saturated heterocycles. The average Bonchev–Trinajstić information content (AvgIpc) is 2.52. The highest BCUT2D eigenvalue weighted by Crippen LogP contribution is 2.30. The summed E-state index contributed by atoms with van der Waals surface area (Å²) in [6.45, 7) is 3.24. The van der Waals surface area contributed by atoms with Gasteiger partial charge < -0.3 is 9.88 Å². The second-order valence-electron chi connectivity index (χ2n) is 4.63. The van der Waals surface area contributed by atoms with Crippen molar-refractivity contribution in [3.8, 4) is 0 Å². The lowest BCUT2D eigenvalue weighted by Gasteiger charge is -2.21. The molecule has 1 aromatic carbocycles. The first-order chi connectivity index (χ1) is 7.66. The maximum absolute atomic E-state index is 3.56. The lowest BCUT2D eigenvalue weighted by Crippen LogP contribution is -2.33. The number of halogens is 1. The highest BCUT2D eigenvalue weighted by atomic mass is 79.9. The molecule has 0 aliphatic carbocycles. The van der Waals surface area contributed by atoms with Crippen molar-refractivity contribution in [2.24, 2.45) is 7.05 Å². The summed E-state index contributed by atoms with van der Waals surface area (Å²) < 4.78 is 3.48. The van der Waals surface area contributed by atoms with Gasteiger partial charge in [0.2, 0.25) is 0 Å². The highest BCUT2D eigenvalue weighted by molar-refractivity contribution is 9.10.